The van der Waals surface area contributed by atoms with Crippen molar-refractivity contribution in [3.8, 4) is 0 Å². The molecule has 0 unspecified atom stereocenters. The Labute approximate surface area is 368 Å². The maximum Gasteiger partial charge on any atom is 0.0433 e. The second-order valence-corrected chi connectivity index (χ2v) is 8.34. The molecule has 0 N–H and O–H groups in total. The van der Waals surface area contributed by atoms with Crippen LogP contribution in [0.2, 0.25) is 0 Å². The highest BCUT2D eigenvalue weighted by Crippen LogP contribution is 1.82. The van der Waals surface area contributed by atoms with Crippen LogP contribution in [0.15, 0.2) is 182 Å². The van der Waals surface area contributed by atoms with Gasteiger partial charge in [-0.15, -0.1) is 0 Å². The van der Waals surface area contributed by atoms with Gasteiger partial charge in [0.15, 0.2) is 0 Å². The van der Waals surface area contributed by atoms with Crippen LogP contribution in [0, 0.1) is 0 Å². The maximum absolute atomic E-state index is 4.54. The van der Waals surface area contributed by atoms with Gasteiger partial charge in [0.25, 0.3) is 0 Å². The average molecular weight is 809 g/mol. The van der Waals surface area contributed by atoms with E-state index in [0.717, 1.165) is 13.2 Å². The molecule has 5 aromatic carbocycles. The zero-order chi connectivity index (χ0) is 47.5. The molecule has 0 atom stereocenters. The minimum absolute atomic E-state index is 0.819. The van der Waals surface area contributed by atoms with Crippen molar-refractivity contribution in [1.29, 1.82) is 0 Å². The molecule has 0 amide bonds. The zero-order valence-corrected chi connectivity index (χ0v) is 43.0. The highest BCUT2D eigenvalue weighted by Gasteiger charge is 1.60. The Hall–Kier alpha value is -3.98. The summed E-state index contributed by atoms with van der Waals surface area (Å²) >= 11 is 0. The van der Waals surface area contributed by atoms with E-state index in [9.17, 15) is 0 Å². The van der Waals surface area contributed by atoms with E-state index < -0.39 is 0 Å². The van der Waals surface area contributed by atoms with Crippen LogP contribution in [-0.4, -0.2) is 27.4 Å². The number of ether oxygens (including phenoxy) is 2. The SMILES string of the molecule is CC.CC.CC.CC.CC.CC.CC.CCC.CCC.CCOC.CCOC.c1ccccc1.c1ccccc1.c1ccccc1.c1ccccc1.c1ccccc1. The first-order chi connectivity index (χ1) is 28.7. The van der Waals surface area contributed by atoms with E-state index in [0.29, 0.717) is 0 Å². The van der Waals surface area contributed by atoms with Gasteiger partial charge >= 0.3 is 0 Å². The van der Waals surface area contributed by atoms with E-state index in [1.54, 1.807) is 14.2 Å². The van der Waals surface area contributed by atoms with E-state index in [1.165, 1.54) is 12.8 Å². The summed E-state index contributed by atoms with van der Waals surface area (Å²) in [6.45, 7) is 42.1. The van der Waals surface area contributed by atoms with Gasteiger partial charge in [-0.1, -0.05) is 319 Å². The number of rotatable bonds is 2. The van der Waals surface area contributed by atoms with Crippen molar-refractivity contribution in [2.75, 3.05) is 27.4 Å². The fourth-order valence-electron chi connectivity index (χ4n) is 1.92. The van der Waals surface area contributed by atoms with Gasteiger partial charge in [0.05, 0.1) is 0 Å². The molecule has 58 heavy (non-hydrogen) atoms. The van der Waals surface area contributed by atoms with Crippen LogP contribution in [0.5, 0.6) is 0 Å². The van der Waals surface area contributed by atoms with E-state index in [4.69, 9.17) is 0 Å². The molecule has 0 heterocycles. The first-order valence-electron chi connectivity index (χ1n) is 22.6. The second kappa shape index (κ2) is 140. The average Bonchev–Trinajstić information content (AvgIpc) is 3.37. The minimum atomic E-state index is 0.819. The topological polar surface area (TPSA) is 18.5 Å². The summed E-state index contributed by atoms with van der Waals surface area (Å²) in [4.78, 5) is 0. The fourth-order valence-corrected chi connectivity index (χ4v) is 1.92. The molecular weight excluding hydrogens is 705 g/mol. The second-order valence-electron chi connectivity index (χ2n) is 8.34. The third kappa shape index (κ3) is 172. The van der Waals surface area contributed by atoms with Gasteiger partial charge in [0.2, 0.25) is 0 Å². The lowest BCUT2D eigenvalue weighted by atomic mass is 10.4. The quantitative estimate of drug-likeness (QED) is 0.177. The van der Waals surface area contributed by atoms with Crippen molar-refractivity contribution in [3.63, 3.8) is 0 Å². The first kappa shape index (κ1) is 82.1. The normalized spacial score (nSPS) is 6.52. The molecule has 0 spiro atoms. The number of methoxy groups -OCH3 is 2. The van der Waals surface area contributed by atoms with Gasteiger partial charge in [-0.05, 0) is 13.8 Å². The van der Waals surface area contributed by atoms with Crippen molar-refractivity contribution >= 4 is 0 Å². The molecule has 2 nitrogen and oxygen atoms in total. The molecule has 0 aliphatic carbocycles. The van der Waals surface area contributed by atoms with Crippen molar-refractivity contribution in [3.05, 3.63) is 182 Å². The summed E-state index contributed by atoms with van der Waals surface area (Å²) in [7, 11) is 3.36. The summed E-state index contributed by atoms with van der Waals surface area (Å²) in [6.07, 6.45) is 2.50. The van der Waals surface area contributed by atoms with Crippen LogP contribution in [0.3, 0.4) is 0 Å². The molecule has 0 aliphatic rings. The lowest BCUT2D eigenvalue weighted by Gasteiger charge is -1.76. The van der Waals surface area contributed by atoms with E-state index >= 15 is 0 Å². The monoisotopic (exact) mass is 809 g/mol. The summed E-state index contributed by atoms with van der Waals surface area (Å²) in [5, 5.41) is 0. The highest BCUT2D eigenvalue weighted by molar-refractivity contribution is 5.01. The van der Waals surface area contributed by atoms with Crippen LogP contribution in [-0.2, 0) is 9.47 Å². The first-order valence-corrected chi connectivity index (χ1v) is 22.6. The Morgan fingerprint density at radius 1 is 0.190 bits per heavy atom. The van der Waals surface area contributed by atoms with Gasteiger partial charge in [0, 0.05) is 27.4 Å². The highest BCUT2D eigenvalue weighted by atomic mass is 16.5. The molecule has 0 aromatic heterocycles. The summed E-state index contributed by atoms with van der Waals surface area (Å²) < 4.78 is 9.08. The van der Waals surface area contributed by atoms with Gasteiger partial charge in [0.1, 0.15) is 0 Å². The van der Waals surface area contributed by atoms with Crippen molar-refractivity contribution in [1.82, 2.24) is 0 Å². The largest absolute Gasteiger partial charge is 0.385 e. The summed E-state index contributed by atoms with van der Waals surface area (Å²) in [5.74, 6) is 0. The standard InChI is InChI=1S/5C6H6.2C3H8O.2C3H8.7C2H6/c5*1-2-4-6-5-3-1;2*1-3-4-2;2*1-3-2;7*1-2/h5*1-6H;2*3H2,1-2H3;2*3H2,1-2H3;7*1-2H3. The van der Waals surface area contributed by atoms with Gasteiger partial charge < -0.3 is 9.47 Å². The van der Waals surface area contributed by atoms with Crippen LogP contribution in [0.25, 0.3) is 0 Å². The molecular formula is C56H104O2. The smallest absolute Gasteiger partial charge is 0.0433 e. The molecule has 340 valence electrons. The molecule has 0 radical (unpaired) electrons. The summed E-state index contributed by atoms with van der Waals surface area (Å²) in [5.41, 5.74) is 0. The summed E-state index contributed by atoms with van der Waals surface area (Å²) in [6, 6.07) is 60.0. The molecule has 0 fully saturated rings. The van der Waals surface area contributed by atoms with Gasteiger partial charge in [-0.2, -0.15) is 0 Å². The van der Waals surface area contributed by atoms with E-state index in [1.807, 2.05) is 293 Å². The van der Waals surface area contributed by atoms with Gasteiger partial charge in [-0.25, -0.2) is 0 Å². The molecule has 2 heteroatoms. The Kier molecular flexibility index (Phi) is 198. The zero-order valence-electron chi connectivity index (χ0n) is 43.0. The Bertz CT molecular complexity index is 639. The van der Waals surface area contributed by atoms with Crippen LogP contribution < -0.4 is 0 Å². The number of benzene rings is 5. The van der Waals surface area contributed by atoms with Crippen molar-refractivity contribution in [2.45, 2.75) is 151 Å². The molecule has 0 bridgehead atoms. The van der Waals surface area contributed by atoms with Crippen LogP contribution in [0.1, 0.15) is 151 Å². The number of hydrogen-bond acceptors (Lipinski definition) is 2. The Morgan fingerprint density at radius 3 is 0.241 bits per heavy atom. The predicted octanol–water partition coefficient (Wildman–Crippen LogP) is 19.8. The lowest BCUT2D eigenvalue weighted by molar-refractivity contribution is 0.215. The number of hydrogen-bond donors (Lipinski definition) is 0. The third-order valence-corrected chi connectivity index (χ3v) is 3.91. The predicted molar refractivity (Wildman–Crippen MR) is 279 cm³/mol. The molecule has 5 rings (SSSR count). The van der Waals surface area contributed by atoms with Gasteiger partial charge in [-0.3, -0.25) is 0 Å². The fraction of sp³-hybridized carbons (Fsp3) is 0.464. The lowest BCUT2D eigenvalue weighted by Crippen LogP contribution is -1.73. The third-order valence-electron chi connectivity index (χ3n) is 3.91. The minimum Gasteiger partial charge on any atom is -0.385 e. The molecule has 0 saturated carbocycles. The maximum atomic E-state index is 4.54. The molecule has 0 saturated heterocycles. The van der Waals surface area contributed by atoms with Crippen LogP contribution in [0.4, 0.5) is 0 Å². The Balaban J connectivity index is -0.0000000463. The molecule has 0 aliphatic heterocycles. The van der Waals surface area contributed by atoms with Crippen LogP contribution >= 0.6 is 0 Å². The van der Waals surface area contributed by atoms with Crippen molar-refractivity contribution in [2.24, 2.45) is 0 Å². The van der Waals surface area contributed by atoms with E-state index in [-0.39, 0.29) is 0 Å². The Morgan fingerprint density at radius 2 is 0.224 bits per heavy atom. The molecule has 5 aromatic rings. The van der Waals surface area contributed by atoms with E-state index in [2.05, 4.69) is 37.2 Å². The van der Waals surface area contributed by atoms with Crippen molar-refractivity contribution < 1.29 is 9.47 Å².